The third-order valence-electron chi connectivity index (χ3n) is 4.99. The smallest absolute Gasteiger partial charge is 0.193 e. The summed E-state index contributed by atoms with van der Waals surface area (Å²) in [4.78, 5) is 15.8. The van der Waals surface area contributed by atoms with Crippen LogP contribution < -0.4 is 5.01 Å². The van der Waals surface area contributed by atoms with Gasteiger partial charge in [-0.3, -0.25) is 4.79 Å². The summed E-state index contributed by atoms with van der Waals surface area (Å²) < 4.78 is 1.86. The van der Waals surface area contributed by atoms with E-state index in [1.54, 1.807) is 18.2 Å². The van der Waals surface area contributed by atoms with E-state index in [0.717, 1.165) is 49.7 Å². The van der Waals surface area contributed by atoms with E-state index in [1.807, 2.05) is 10.7 Å². The molecular formula is C20H21N3O2. The molecule has 25 heavy (non-hydrogen) atoms. The van der Waals surface area contributed by atoms with Crippen molar-refractivity contribution in [3.63, 3.8) is 0 Å². The Balaban J connectivity index is 1.53. The second-order valence-corrected chi connectivity index (χ2v) is 6.66. The number of hydrogen-bond acceptors (Lipinski definition) is 4. The van der Waals surface area contributed by atoms with Crippen LogP contribution in [0, 0.1) is 5.92 Å². The molecule has 0 unspecified atom stereocenters. The lowest BCUT2D eigenvalue weighted by atomic mass is 9.91. The Labute approximate surface area is 146 Å². The summed E-state index contributed by atoms with van der Waals surface area (Å²) in [7, 11) is 0. The molecule has 1 N–H and O–H groups in total. The molecule has 3 aromatic rings. The molecule has 4 rings (SSSR count). The number of imidazole rings is 1. The average molecular weight is 335 g/mol. The molecule has 0 radical (unpaired) electrons. The third kappa shape index (κ3) is 3.09. The average Bonchev–Trinajstić information content (AvgIpc) is 3.01. The van der Waals surface area contributed by atoms with E-state index >= 15 is 0 Å². The first-order valence-electron chi connectivity index (χ1n) is 8.70. The van der Waals surface area contributed by atoms with Gasteiger partial charge in [0, 0.05) is 19.2 Å². The summed E-state index contributed by atoms with van der Waals surface area (Å²) in [5, 5.41) is 12.0. The van der Waals surface area contributed by atoms with Crippen LogP contribution in [0.3, 0.4) is 0 Å². The number of carbonyl (C=O) groups excluding carboxylic acids is 1. The van der Waals surface area contributed by atoms with Gasteiger partial charge in [-0.25, -0.2) is 9.66 Å². The van der Waals surface area contributed by atoms with Crippen LogP contribution in [-0.4, -0.2) is 34.1 Å². The van der Waals surface area contributed by atoms with E-state index in [4.69, 9.17) is 0 Å². The van der Waals surface area contributed by atoms with Gasteiger partial charge in [-0.2, -0.15) is 0 Å². The number of carbonyl (C=O) groups is 1. The molecule has 0 spiro atoms. The van der Waals surface area contributed by atoms with Crippen LogP contribution in [0.5, 0.6) is 5.75 Å². The highest BCUT2D eigenvalue weighted by molar-refractivity contribution is 5.84. The number of phenols is 1. The summed E-state index contributed by atoms with van der Waals surface area (Å²) in [6, 6.07) is 15.6. The number of rotatable bonds is 4. The van der Waals surface area contributed by atoms with Crippen molar-refractivity contribution in [2.24, 2.45) is 5.92 Å². The van der Waals surface area contributed by atoms with Crippen LogP contribution in [0.15, 0.2) is 48.5 Å². The molecule has 1 aliphatic heterocycles. The molecule has 5 nitrogen and oxygen atoms in total. The van der Waals surface area contributed by atoms with Gasteiger partial charge in [0.15, 0.2) is 12.1 Å². The predicted octanol–water partition coefficient (Wildman–Crippen LogP) is 3.15. The van der Waals surface area contributed by atoms with E-state index < -0.39 is 0 Å². The van der Waals surface area contributed by atoms with Gasteiger partial charge in [-0.05, 0) is 42.9 Å². The highest BCUT2D eigenvalue weighted by Crippen LogP contribution is 2.25. The lowest BCUT2D eigenvalue weighted by Crippen LogP contribution is -2.42. The maximum Gasteiger partial charge on any atom is 0.193 e. The Kier molecular flexibility index (Phi) is 4.14. The minimum Gasteiger partial charge on any atom is -0.508 e. The Morgan fingerprint density at radius 3 is 2.60 bits per heavy atom. The van der Waals surface area contributed by atoms with Gasteiger partial charge >= 0.3 is 0 Å². The van der Waals surface area contributed by atoms with Gasteiger partial charge < -0.3 is 10.1 Å². The minimum absolute atomic E-state index is 0.185. The Morgan fingerprint density at radius 2 is 1.88 bits per heavy atom. The summed E-state index contributed by atoms with van der Waals surface area (Å²) in [5.41, 5.74) is 2.89. The molecule has 0 amide bonds. The molecule has 1 fully saturated rings. The first-order chi connectivity index (χ1) is 12.2. The van der Waals surface area contributed by atoms with Crippen molar-refractivity contribution in [1.29, 1.82) is 0 Å². The van der Waals surface area contributed by atoms with Gasteiger partial charge in [0.05, 0.1) is 11.0 Å². The number of phenolic OH excluding ortho intramolecular Hbond substituents is 1. The highest BCUT2D eigenvalue weighted by atomic mass is 16.3. The molecule has 128 valence electrons. The second kappa shape index (κ2) is 6.59. The van der Waals surface area contributed by atoms with E-state index in [9.17, 15) is 9.90 Å². The molecule has 0 saturated carbocycles. The molecule has 0 bridgehead atoms. The van der Waals surface area contributed by atoms with Gasteiger partial charge in [0.1, 0.15) is 5.75 Å². The highest BCUT2D eigenvalue weighted by Gasteiger charge is 2.23. The predicted molar refractivity (Wildman–Crippen MR) is 97.6 cm³/mol. The molecule has 0 aliphatic carbocycles. The molecule has 1 aromatic heterocycles. The largest absolute Gasteiger partial charge is 0.508 e. The van der Waals surface area contributed by atoms with Gasteiger partial charge in [0.25, 0.3) is 0 Å². The Hall–Kier alpha value is -2.82. The maximum absolute atomic E-state index is 11.5. The molecule has 1 saturated heterocycles. The summed E-state index contributed by atoms with van der Waals surface area (Å²) in [5.74, 6) is 1.23. The Morgan fingerprint density at radius 1 is 1.12 bits per heavy atom. The standard InChI is InChI=1S/C20H21N3O2/c24-14-20-21-18-7-6-17(25)13-19(18)23(20)22-10-8-16(9-11-22)12-15-4-2-1-3-5-15/h1-7,13-14,16,25H,8-12H2. The zero-order chi connectivity index (χ0) is 17.2. The van der Waals surface area contributed by atoms with Crippen molar-refractivity contribution in [2.45, 2.75) is 19.3 Å². The number of aldehydes is 1. The van der Waals surface area contributed by atoms with Crippen molar-refractivity contribution >= 4 is 17.3 Å². The van der Waals surface area contributed by atoms with Crippen LogP contribution in [0.2, 0.25) is 0 Å². The number of benzene rings is 2. The van der Waals surface area contributed by atoms with Gasteiger partial charge in [0.2, 0.25) is 0 Å². The molecule has 5 heteroatoms. The summed E-state index contributed by atoms with van der Waals surface area (Å²) in [6.07, 6.45) is 4.03. The van der Waals surface area contributed by atoms with Crippen molar-refractivity contribution in [1.82, 2.24) is 9.66 Å². The number of hydrogen-bond donors (Lipinski definition) is 1. The van der Waals surface area contributed by atoms with Crippen LogP contribution >= 0.6 is 0 Å². The molecule has 1 aliphatic rings. The van der Waals surface area contributed by atoms with Crippen LogP contribution in [-0.2, 0) is 6.42 Å². The summed E-state index contributed by atoms with van der Waals surface area (Å²) >= 11 is 0. The first-order valence-corrected chi connectivity index (χ1v) is 8.70. The van der Waals surface area contributed by atoms with Gasteiger partial charge in [-0.15, -0.1) is 0 Å². The second-order valence-electron chi connectivity index (χ2n) is 6.66. The number of aromatic nitrogens is 2. The fourth-order valence-electron chi connectivity index (χ4n) is 3.71. The van der Waals surface area contributed by atoms with Crippen molar-refractivity contribution in [3.8, 4) is 5.75 Å². The maximum atomic E-state index is 11.5. The van der Waals surface area contributed by atoms with E-state index in [-0.39, 0.29) is 5.75 Å². The van der Waals surface area contributed by atoms with Crippen LogP contribution in [0.25, 0.3) is 11.0 Å². The van der Waals surface area contributed by atoms with E-state index in [0.29, 0.717) is 11.7 Å². The van der Waals surface area contributed by atoms with E-state index in [2.05, 4.69) is 34.3 Å². The Bertz CT molecular complexity index is 881. The monoisotopic (exact) mass is 335 g/mol. The van der Waals surface area contributed by atoms with Gasteiger partial charge in [-0.1, -0.05) is 30.3 Å². The van der Waals surface area contributed by atoms with E-state index in [1.165, 1.54) is 5.56 Å². The quantitative estimate of drug-likeness (QED) is 0.744. The molecule has 2 heterocycles. The number of aromatic hydroxyl groups is 1. The topological polar surface area (TPSA) is 58.4 Å². The molecule has 2 aromatic carbocycles. The zero-order valence-corrected chi connectivity index (χ0v) is 14.0. The molecular weight excluding hydrogens is 314 g/mol. The molecule has 0 atom stereocenters. The summed E-state index contributed by atoms with van der Waals surface area (Å²) in [6.45, 7) is 1.75. The third-order valence-corrected chi connectivity index (χ3v) is 4.99. The van der Waals surface area contributed by atoms with Crippen molar-refractivity contribution in [3.05, 3.63) is 59.9 Å². The minimum atomic E-state index is 0.185. The normalized spacial score (nSPS) is 15.6. The zero-order valence-electron chi connectivity index (χ0n) is 14.0. The number of fused-ring (bicyclic) bond motifs is 1. The lowest BCUT2D eigenvalue weighted by molar-refractivity contribution is 0.111. The van der Waals surface area contributed by atoms with Crippen LogP contribution in [0.4, 0.5) is 0 Å². The van der Waals surface area contributed by atoms with Crippen molar-refractivity contribution < 1.29 is 9.90 Å². The number of nitrogens with zero attached hydrogens (tertiary/aromatic N) is 3. The van der Waals surface area contributed by atoms with Crippen LogP contribution in [0.1, 0.15) is 29.0 Å². The fourth-order valence-corrected chi connectivity index (χ4v) is 3.71. The van der Waals surface area contributed by atoms with Crippen molar-refractivity contribution in [2.75, 3.05) is 18.1 Å². The fraction of sp³-hybridized carbons (Fsp3) is 0.300. The SMILES string of the molecule is O=Cc1nc2ccc(O)cc2n1N1CCC(Cc2ccccc2)CC1. The first kappa shape index (κ1) is 15.7. The lowest BCUT2D eigenvalue weighted by Gasteiger charge is -2.35. The number of piperidine rings is 1.